The summed E-state index contributed by atoms with van der Waals surface area (Å²) in [5.41, 5.74) is 2.32. The van der Waals surface area contributed by atoms with Crippen LogP contribution in [-0.2, 0) is 6.54 Å². The molecule has 2 fully saturated rings. The van der Waals surface area contributed by atoms with Crippen LogP contribution in [0, 0.1) is 5.92 Å². The predicted molar refractivity (Wildman–Crippen MR) is 104 cm³/mol. The van der Waals surface area contributed by atoms with Gasteiger partial charge in [-0.3, -0.25) is 4.90 Å². The van der Waals surface area contributed by atoms with Crippen molar-refractivity contribution in [1.29, 1.82) is 0 Å². The molecule has 1 saturated heterocycles. The Balaban J connectivity index is 1.39. The first-order valence-corrected chi connectivity index (χ1v) is 9.87. The molecule has 2 unspecified atom stereocenters. The third-order valence-corrected chi connectivity index (χ3v) is 5.94. The molecule has 2 aromatic rings. The van der Waals surface area contributed by atoms with Gasteiger partial charge in [0.05, 0.1) is 0 Å². The third-order valence-electron chi connectivity index (χ3n) is 5.69. The molecule has 0 spiro atoms. The van der Waals surface area contributed by atoms with Crippen molar-refractivity contribution < 1.29 is 0 Å². The van der Waals surface area contributed by atoms with Crippen LogP contribution >= 0.6 is 11.6 Å². The summed E-state index contributed by atoms with van der Waals surface area (Å²) in [4.78, 5) is 7.30. The topological polar surface area (TPSA) is 28.2 Å². The fraction of sp³-hybridized carbons (Fsp3) is 0.476. The number of anilines is 2. The first-order chi connectivity index (χ1) is 12.3. The van der Waals surface area contributed by atoms with Crippen molar-refractivity contribution in [2.75, 3.05) is 11.9 Å². The van der Waals surface area contributed by atoms with Gasteiger partial charge in [-0.05, 0) is 74.0 Å². The Morgan fingerprint density at radius 2 is 1.80 bits per heavy atom. The summed E-state index contributed by atoms with van der Waals surface area (Å²) in [6.07, 6.45) is 10.5. The summed E-state index contributed by atoms with van der Waals surface area (Å²) in [5, 5.41) is 4.07. The molecule has 25 heavy (non-hydrogen) atoms. The van der Waals surface area contributed by atoms with Gasteiger partial charge in [-0.15, -0.1) is 0 Å². The van der Waals surface area contributed by atoms with Crippen LogP contribution in [-0.4, -0.2) is 22.5 Å². The van der Waals surface area contributed by atoms with Gasteiger partial charge >= 0.3 is 0 Å². The van der Waals surface area contributed by atoms with Gasteiger partial charge in [-0.25, -0.2) is 4.98 Å². The normalized spacial score (nSPS) is 23.9. The van der Waals surface area contributed by atoms with Crippen molar-refractivity contribution in [1.82, 2.24) is 9.88 Å². The Hall–Kier alpha value is -1.58. The number of hydrogen-bond acceptors (Lipinski definition) is 3. The smallest absolute Gasteiger partial charge is 0.130 e. The summed E-state index contributed by atoms with van der Waals surface area (Å²) in [6.45, 7) is 2.28. The number of piperidine rings is 1. The summed E-state index contributed by atoms with van der Waals surface area (Å²) in [7, 11) is 0. The van der Waals surface area contributed by atoms with Crippen LogP contribution in [0.5, 0.6) is 0 Å². The van der Waals surface area contributed by atoms with Crippen LogP contribution in [0.2, 0.25) is 5.02 Å². The van der Waals surface area contributed by atoms with Gasteiger partial charge in [0.15, 0.2) is 0 Å². The lowest BCUT2D eigenvalue weighted by Gasteiger charge is -2.44. The van der Waals surface area contributed by atoms with Crippen LogP contribution < -0.4 is 5.32 Å². The van der Waals surface area contributed by atoms with E-state index < -0.39 is 0 Å². The van der Waals surface area contributed by atoms with Gasteiger partial charge in [-0.2, -0.15) is 0 Å². The maximum atomic E-state index is 5.93. The SMILES string of the molecule is Clc1ccc(Nc2ccc(CN3CCCC4CCCCC43)cn2)cc1. The zero-order valence-corrected chi connectivity index (χ0v) is 15.4. The van der Waals surface area contributed by atoms with E-state index in [0.29, 0.717) is 0 Å². The second-order valence-electron chi connectivity index (χ2n) is 7.41. The fourth-order valence-electron chi connectivity index (χ4n) is 4.43. The zero-order valence-electron chi connectivity index (χ0n) is 14.6. The molecule has 0 amide bonds. The lowest BCUT2D eigenvalue weighted by atomic mass is 9.78. The molecule has 1 aromatic carbocycles. The summed E-state index contributed by atoms with van der Waals surface area (Å²) < 4.78 is 0. The Morgan fingerprint density at radius 3 is 2.60 bits per heavy atom. The highest BCUT2D eigenvalue weighted by atomic mass is 35.5. The van der Waals surface area contributed by atoms with Crippen molar-refractivity contribution in [2.24, 2.45) is 5.92 Å². The first-order valence-electron chi connectivity index (χ1n) is 9.49. The lowest BCUT2D eigenvalue weighted by molar-refractivity contribution is 0.0546. The number of pyridine rings is 1. The number of benzene rings is 1. The minimum Gasteiger partial charge on any atom is -0.340 e. The van der Waals surface area contributed by atoms with Crippen LogP contribution in [0.4, 0.5) is 11.5 Å². The van der Waals surface area contributed by atoms with E-state index in [2.05, 4.69) is 27.3 Å². The van der Waals surface area contributed by atoms with Crippen molar-refractivity contribution in [3.8, 4) is 0 Å². The quantitative estimate of drug-likeness (QED) is 0.769. The molecular weight excluding hydrogens is 330 g/mol. The maximum Gasteiger partial charge on any atom is 0.130 e. The molecule has 1 aromatic heterocycles. The number of hydrogen-bond donors (Lipinski definition) is 1. The van der Waals surface area contributed by atoms with Crippen molar-refractivity contribution in [2.45, 2.75) is 51.1 Å². The average Bonchev–Trinajstić information content (AvgIpc) is 2.65. The summed E-state index contributed by atoms with van der Waals surface area (Å²) in [5.74, 6) is 1.81. The molecule has 1 aliphatic heterocycles. The summed E-state index contributed by atoms with van der Waals surface area (Å²) in [6, 6.07) is 12.8. The van der Waals surface area contributed by atoms with Crippen LogP contribution in [0.15, 0.2) is 42.6 Å². The lowest BCUT2D eigenvalue weighted by Crippen LogP contribution is -2.46. The number of rotatable bonds is 4. The first kappa shape index (κ1) is 16.9. The Morgan fingerprint density at radius 1 is 1.00 bits per heavy atom. The second kappa shape index (κ2) is 7.76. The molecule has 1 N–H and O–H groups in total. The highest BCUT2D eigenvalue weighted by molar-refractivity contribution is 6.30. The minimum absolute atomic E-state index is 0.747. The molecule has 2 heterocycles. The number of nitrogens with zero attached hydrogens (tertiary/aromatic N) is 2. The van der Waals surface area contributed by atoms with Crippen molar-refractivity contribution in [3.63, 3.8) is 0 Å². The van der Waals surface area contributed by atoms with Gasteiger partial charge in [0.1, 0.15) is 5.82 Å². The number of nitrogens with one attached hydrogen (secondary N) is 1. The Kier molecular flexibility index (Phi) is 5.23. The van der Waals surface area contributed by atoms with E-state index in [1.807, 2.05) is 30.5 Å². The van der Waals surface area contributed by atoms with Gasteiger partial charge in [-0.1, -0.05) is 30.5 Å². The fourth-order valence-corrected chi connectivity index (χ4v) is 4.56. The highest BCUT2D eigenvalue weighted by Gasteiger charge is 2.32. The van der Waals surface area contributed by atoms with Gasteiger partial charge < -0.3 is 5.32 Å². The zero-order chi connectivity index (χ0) is 17.1. The van der Waals surface area contributed by atoms with E-state index >= 15 is 0 Å². The maximum absolute atomic E-state index is 5.93. The van der Waals surface area contributed by atoms with Crippen molar-refractivity contribution >= 4 is 23.1 Å². The van der Waals surface area contributed by atoms with Gasteiger partial charge in [0, 0.05) is 29.5 Å². The molecule has 3 nitrogen and oxygen atoms in total. The molecule has 0 radical (unpaired) electrons. The van der Waals surface area contributed by atoms with Crippen LogP contribution in [0.25, 0.3) is 0 Å². The highest BCUT2D eigenvalue weighted by Crippen LogP contribution is 2.35. The van der Waals surface area contributed by atoms with E-state index in [4.69, 9.17) is 11.6 Å². The van der Waals surface area contributed by atoms with E-state index in [-0.39, 0.29) is 0 Å². The Bertz CT molecular complexity index is 681. The number of fused-ring (bicyclic) bond motifs is 1. The molecule has 2 aliphatic rings. The van der Waals surface area contributed by atoms with Gasteiger partial charge in [0.2, 0.25) is 0 Å². The number of likely N-dealkylation sites (tertiary alicyclic amines) is 1. The second-order valence-corrected chi connectivity index (χ2v) is 7.84. The molecule has 2 atom stereocenters. The largest absolute Gasteiger partial charge is 0.340 e. The van der Waals surface area contributed by atoms with Gasteiger partial charge in [0.25, 0.3) is 0 Å². The average molecular weight is 356 g/mol. The molecule has 1 aliphatic carbocycles. The van der Waals surface area contributed by atoms with E-state index in [1.54, 1.807) is 0 Å². The molecular formula is C21H26ClN3. The van der Waals surface area contributed by atoms with E-state index in [0.717, 1.165) is 35.0 Å². The molecule has 1 saturated carbocycles. The molecule has 4 heteroatoms. The third kappa shape index (κ3) is 4.16. The van der Waals surface area contributed by atoms with Crippen molar-refractivity contribution in [3.05, 3.63) is 53.2 Å². The minimum atomic E-state index is 0.747. The Labute approximate surface area is 155 Å². The molecule has 132 valence electrons. The summed E-state index contributed by atoms with van der Waals surface area (Å²) >= 11 is 5.93. The monoisotopic (exact) mass is 355 g/mol. The van der Waals surface area contributed by atoms with E-state index in [1.165, 1.54) is 50.6 Å². The van der Waals surface area contributed by atoms with Crippen LogP contribution in [0.3, 0.4) is 0 Å². The van der Waals surface area contributed by atoms with Crippen LogP contribution in [0.1, 0.15) is 44.1 Å². The van der Waals surface area contributed by atoms with E-state index in [9.17, 15) is 0 Å². The molecule has 4 rings (SSSR count). The predicted octanol–water partition coefficient (Wildman–Crippen LogP) is 5.63. The standard InChI is InChI=1S/C21H26ClN3/c22-18-8-10-19(11-9-18)24-21-12-7-16(14-23-21)15-25-13-3-5-17-4-1-2-6-20(17)25/h7-12,14,17,20H,1-6,13,15H2,(H,23,24). The number of aromatic nitrogens is 1. The molecule has 0 bridgehead atoms. The number of halogens is 1.